The average Bonchev–Trinajstić information content (AvgIpc) is 2.18. The van der Waals surface area contributed by atoms with Gasteiger partial charge in [-0.25, -0.2) is 0 Å². The number of allylic oxidation sites excluding steroid dienone is 3. The summed E-state index contributed by atoms with van der Waals surface area (Å²) in [5.41, 5.74) is 0. The molecule has 14 heavy (non-hydrogen) atoms. The Morgan fingerprint density at radius 2 is 1.43 bits per heavy atom. The third kappa shape index (κ3) is 7.72. The first-order chi connectivity index (χ1) is 6.85. The first-order valence-electron chi connectivity index (χ1n) is 5.51. The molecule has 0 rings (SSSR count). The van der Waals surface area contributed by atoms with Crippen LogP contribution in [0.1, 0.15) is 44.9 Å². The molecule has 0 aromatic rings. The minimum Gasteiger partial charge on any atom is -0.103 e. The van der Waals surface area contributed by atoms with Crippen LogP contribution < -0.4 is 0 Å². The van der Waals surface area contributed by atoms with E-state index in [0.29, 0.717) is 0 Å². The Labute approximate surface area is 89.4 Å². The van der Waals surface area contributed by atoms with Crippen LogP contribution in [-0.4, -0.2) is 0 Å². The van der Waals surface area contributed by atoms with E-state index in [4.69, 9.17) is 0 Å². The molecule has 0 N–H and O–H groups in total. The topological polar surface area (TPSA) is 0 Å². The van der Waals surface area contributed by atoms with E-state index in [0.717, 1.165) is 19.3 Å². The molecule has 0 aliphatic heterocycles. The third-order valence-corrected chi connectivity index (χ3v) is 2.30. The minimum absolute atomic E-state index is 1.05. The lowest BCUT2D eigenvalue weighted by Gasteiger charge is -2.01. The molecule has 0 saturated heterocycles. The summed E-state index contributed by atoms with van der Waals surface area (Å²) < 4.78 is 0. The van der Waals surface area contributed by atoms with Gasteiger partial charge in [-0.15, -0.1) is 6.58 Å². The summed E-state index contributed by atoms with van der Waals surface area (Å²) in [4.78, 5) is 0. The molecule has 0 saturated carbocycles. The monoisotopic (exact) mass is 191 g/mol. The van der Waals surface area contributed by atoms with E-state index in [-0.39, 0.29) is 0 Å². The molecule has 0 amide bonds. The second kappa shape index (κ2) is 10.2. The maximum Gasteiger partial charge on any atom is 0.108 e. The van der Waals surface area contributed by atoms with Crippen molar-refractivity contribution in [3.05, 3.63) is 43.9 Å². The highest BCUT2D eigenvalue weighted by Crippen LogP contribution is 2.20. The molecule has 0 aliphatic rings. The lowest BCUT2D eigenvalue weighted by Crippen LogP contribution is -1.94. The Kier molecular flexibility index (Phi) is 9.51. The fourth-order valence-electron chi connectivity index (χ4n) is 1.54. The molecule has 0 atom stereocenters. The van der Waals surface area contributed by atoms with Crippen molar-refractivity contribution in [1.82, 2.24) is 0 Å². The average molecular weight is 191 g/mol. The van der Waals surface area contributed by atoms with Crippen LogP contribution in [0.5, 0.6) is 0 Å². The lowest BCUT2D eigenvalue weighted by molar-refractivity contribution is 0.631. The van der Waals surface area contributed by atoms with Crippen molar-refractivity contribution in [3.8, 4) is 0 Å². The van der Waals surface area contributed by atoms with Gasteiger partial charge in [-0.3, -0.25) is 0 Å². The summed E-state index contributed by atoms with van der Waals surface area (Å²) in [6.07, 6.45) is 14.3. The van der Waals surface area contributed by atoms with E-state index in [1.54, 1.807) is 5.92 Å². The molecule has 0 aliphatic carbocycles. The summed E-state index contributed by atoms with van der Waals surface area (Å²) in [6, 6.07) is 0. The van der Waals surface area contributed by atoms with Crippen LogP contribution in [0, 0.1) is 5.92 Å². The van der Waals surface area contributed by atoms with Crippen LogP contribution in [-0.2, 0) is 0 Å². The van der Waals surface area contributed by atoms with Gasteiger partial charge in [0.1, 0.15) is 12.8 Å². The quantitative estimate of drug-likeness (QED) is 0.263. The van der Waals surface area contributed by atoms with Crippen LogP contribution in [0.25, 0.3) is 0 Å². The highest BCUT2D eigenvalue weighted by molar-refractivity contribution is 5.00. The van der Waals surface area contributed by atoms with Crippen molar-refractivity contribution in [2.45, 2.75) is 44.9 Å². The molecule has 0 spiro atoms. The highest BCUT2D eigenvalue weighted by atomic mass is 14.1. The zero-order valence-electron chi connectivity index (χ0n) is 9.30. The molecule has 0 aromatic carbocycles. The van der Waals surface area contributed by atoms with Crippen molar-refractivity contribution >= 4 is 0 Å². The zero-order valence-corrected chi connectivity index (χ0v) is 9.30. The molecule has 0 radical (unpaired) electrons. The second-order valence-corrected chi connectivity index (χ2v) is 3.62. The second-order valence-electron chi connectivity index (χ2n) is 3.62. The van der Waals surface area contributed by atoms with Gasteiger partial charge in [-0.05, 0) is 37.8 Å². The van der Waals surface area contributed by atoms with Crippen LogP contribution in [0.4, 0.5) is 0 Å². The molecular weight excluding hydrogens is 168 g/mol. The maximum absolute atomic E-state index is 3.77. The van der Waals surface area contributed by atoms with Gasteiger partial charge >= 0.3 is 0 Å². The normalized spacial score (nSPS) is 9.43. The molecule has 0 heteroatoms. The maximum atomic E-state index is 3.77. The van der Waals surface area contributed by atoms with Crippen molar-refractivity contribution < 1.29 is 0 Å². The molecule has 0 bridgehead atoms. The van der Waals surface area contributed by atoms with Crippen LogP contribution in [0.2, 0.25) is 0 Å². The number of rotatable bonds is 10. The Balaban J connectivity index is 3.43. The third-order valence-electron chi connectivity index (χ3n) is 2.30. The summed E-state index contributed by atoms with van der Waals surface area (Å²) in [5.74, 6) is 1.56. The van der Waals surface area contributed by atoms with E-state index < -0.39 is 0 Å². The van der Waals surface area contributed by atoms with Gasteiger partial charge in [-0.1, -0.05) is 19.2 Å². The van der Waals surface area contributed by atoms with Gasteiger partial charge in [0.25, 0.3) is 0 Å². The molecule has 0 fully saturated rings. The SMILES string of the molecule is C=CCCCCC[C+](CC=C)CC=C. The predicted octanol–water partition coefficient (Wildman–Crippen LogP) is 4.85. The zero-order chi connectivity index (χ0) is 10.6. The molecule has 0 aromatic heterocycles. The van der Waals surface area contributed by atoms with Crippen LogP contribution >= 0.6 is 0 Å². The minimum atomic E-state index is 1.05. The largest absolute Gasteiger partial charge is 0.108 e. The van der Waals surface area contributed by atoms with E-state index in [1.807, 2.05) is 18.2 Å². The number of hydrogen-bond acceptors (Lipinski definition) is 0. The smallest absolute Gasteiger partial charge is 0.103 e. The Morgan fingerprint density at radius 3 is 1.93 bits per heavy atom. The van der Waals surface area contributed by atoms with Gasteiger partial charge in [-0.2, -0.15) is 0 Å². The van der Waals surface area contributed by atoms with Gasteiger partial charge < -0.3 is 0 Å². The summed E-state index contributed by atoms with van der Waals surface area (Å²) in [7, 11) is 0. The van der Waals surface area contributed by atoms with Gasteiger partial charge in [0.15, 0.2) is 0 Å². The Bertz CT molecular complexity index is 145. The predicted molar refractivity (Wildman–Crippen MR) is 66.2 cm³/mol. The van der Waals surface area contributed by atoms with Crippen molar-refractivity contribution in [2.24, 2.45) is 0 Å². The summed E-state index contributed by atoms with van der Waals surface area (Å²) in [5, 5.41) is 0. The van der Waals surface area contributed by atoms with E-state index in [9.17, 15) is 0 Å². The lowest BCUT2D eigenvalue weighted by atomic mass is 9.94. The van der Waals surface area contributed by atoms with E-state index in [2.05, 4.69) is 19.7 Å². The van der Waals surface area contributed by atoms with Gasteiger partial charge in [0.2, 0.25) is 0 Å². The van der Waals surface area contributed by atoms with Gasteiger partial charge in [0.05, 0.1) is 12.3 Å². The fraction of sp³-hybridized carbons (Fsp3) is 0.500. The molecule has 0 heterocycles. The fourth-order valence-corrected chi connectivity index (χ4v) is 1.54. The number of hydrogen-bond donors (Lipinski definition) is 0. The van der Waals surface area contributed by atoms with Crippen LogP contribution in [0.3, 0.4) is 0 Å². The Morgan fingerprint density at radius 1 is 0.786 bits per heavy atom. The molecule has 78 valence electrons. The van der Waals surface area contributed by atoms with Crippen molar-refractivity contribution in [1.29, 1.82) is 0 Å². The molecule has 0 unspecified atom stereocenters. The Hall–Kier alpha value is -0.910. The molecule has 0 nitrogen and oxygen atoms in total. The first-order valence-corrected chi connectivity index (χ1v) is 5.51. The highest BCUT2D eigenvalue weighted by Gasteiger charge is 2.14. The van der Waals surface area contributed by atoms with E-state index >= 15 is 0 Å². The summed E-state index contributed by atoms with van der Waals surface area (Å²) in [6.45, 7) is 11.3. The van der Waals surface area contributed by atoms with Gasteiger partial charge in [0, 0.05) is 0 Å². The van der Waals surface area contributed by atoms with E-state index in [1.165, 1.54) is 25.7 Å². The number of unbranched alkanes of at least 4 members (excludes halogenated alkanes) is 3. The first kappa shape index (κ1) is 13.1. The van der Waals surface area contributed by atoms with Crippen molar-refractivity contribution in [2.75, 3.05) is 0 Å². The molecular formula is C14H23+. The van der Waals surface area contributed by atoms with Crippen molar-refractivity contribution in [3.63, 3.8) is 0 Å². The standard InChI is InChI=1S/C14H23/c1-4-7-8-9-10-13-14(11-5-2)12-6-3/h4-6H,1-3,7-13H2/q+1. The van der Waals surface area contributed by atoms with Crippen LogP contribution in [0.15, 0.2) is 38.0 Å². The summed E-state index contributed by atoms with van der Waals surface area (Å²) >= 11 is 0.